The SMILES string of the molecule is CN1C2CCC1CC(NC(=O)c1n[nH]c3cc(NC(=O)NCc4ccc(F)cc4)ccc13)C2.O=CO. The van der Waals surface area contributed by atoms with Crippen molar-refractivity contribution in [1.82, 2.24) is 25.7 Å². The first-order valence-electron chi connectivity index (χ1n) is 11.8. The number of halogens is 1. The first-order valence-corrected chi connectivity index (χ1v) is 11.8. The first-order chi connectivity index (χ1) is 17.4. The highest BCUT2D eigenvalue weighted by Crippen LogP contribution is 2.34. The number of hydrogen-bond donors (Lipinski definition) is 5. The van der Waals surface area contributed by atoms with Crippen LogP contribution in [0.2, 0.25) is 0 Å². The number of rotatable bonds is 5. The van der Waals surface area contributed by atoms with Crippen LogP contribution in [-0.2, 0) is 11.3 Å². The van der Waals surface area contributed by atoms with Crippen LogP contribution < -0.4 is 16.0 Å². The van der Waals surface area contributed by atoms with E-state index in [0.717, 1.165) is 18.4 Å². The van der Waals surface area contributed by atoms with Crippen LogP contribution in [0.15, 0.2) is 42.5 Å². The van der Waals surface area contributed by atoms with E-state index < -0.39 is 0 Å². The maximum Gasteiger partial charge on any atom is 0.319 e. The maximum atomic E-state index is 13.0. The molecule has 2 aromatic carbocycles. The molecule has 5 N–H and O–H groups in total. The lowest BCUT2D eigenvalue weighted by atomic mass is 9.98. The number of H-pyrrole nitrogens is 1. The molecular weight excluding hydrogens is 467 g/mol. The van der Waals surface area contributed by atoms with Crippen molar-refractivity contribution in [3.63, 3.8) is 0 Å². The molecule has 190 valence electrons. The Hall–Kier alpha value is -3.99. The number of carbonyl (C=O) groups excluding carboxylic acids is 2. The van der Waals surface area contributed by atoms with Gasteiger partial charge in [0.05, 0.1) is 5.52 Å². The molecule has 2 unspecified atom stereocenters. The van der Waals surface area contributed by atoms with Crippen LogP contribution in [0.3, 0.4) is 0 Å². The summed E-state index contributed by atoms with van der Waals surface area (Å²) in [5.41, 5.74) is 2.40. The molecule has 36 heavy (non-hydrogen) atoms. The van der Waals surface area contributed by atoms with Crippen LogP contribution >= 0.6 is 0 Å². The predicted molar refractivity (Wildman–Crippen MR) is 132 cm³/mol. The van der Waals surface area contributed by atoms with E-state index in [0.29, 0.717) is 34.4 Å². The summed E-state index contributed by atoms with van der Waals surface area (Å²) in [6.07, 6.45) is 4.35. The molecule has 3 amide bonds. The average molecular weight is 497 g/mol. The minimum Gasteiger partial charge on any atom is -0.483 e. The molecule has 0 spiro atoms. The molecular formula is C25H29FN6O4. The van der Waals surface area contributed by atoms with E-state index in [2.05, 4.69) is 38.1 Å². The van der Waals surface area contributed by atoms with Crippen molar-refractivity contribution in [3.8, 4) is 0 Å². The second-order valence-corrected chi connectivity index (χ2v) is 9.06. The Morgan fingerprint density at radius 1 is 1.17 bits per heavy atom. The van der Waals surface area contributed by atoms with Gasteiger partial charge in [-0.15, -0.1) is 0 Å². The Kier molecular flexibility index (Phi) is 7.79. The summed E-state index contributed by atoms with van der Waals surface area (Å²) in [5.74, 6) is -0.490. The minimum atomic E-state index is -0.381. The minimum absolute atomic E-state index is 0.170. The van der Waals surface area contributed by atoms with E-state index in [9.17, 15) is 14.0 Å². The van der Waals surface area contributed by atoms with Crippen molar-refractivity contribution in [2.75, 3.05) is 12.4 Å². The number of anilines is 1. The molecule has 2 saturated heterocycles. The highest BCUT2D eigenvalue weighted by atomic mass is 19.1. The van der Waals surface area contributed by atoms with Gasteiger partial charge in [0.25, 0.3) is 12.4 Å². The van der Waals surface area contributed by atoms with Gasteiger partial charge >= 0.3 is 6.03 Å². The molecule has 2 aliphatic rings. The van der Waals surface area contributed by atoms with Gasteiger partial charge in [-0.25, -0.2) is 9.18 Å². The molecule has 10 nitrogen and oxygen atoms in total. The zero-order valence-corrected chi connectivity index (χ0v) is 19.8. The number of piperidine rings is 1. The van der Waals surface area contributed by atoms with Crippen molar-refractivity contribution >= 4 is 35.0 Å². The summed E-state index contributed by atoms with van der Waals surface area (Å²) in [7, 11) is 2.18. The highest BCUT2D eigenvalue weighted by Gasteiger charge is 2.39. The Labute approximate surface area is 207 Å². The molecule has 3 aromatic rings. The molecule has 0 radical (unpaired) electrons. The average Bonchev–Trinajstić information content (AvgIpc) is 3.35. The van der Waals surface area contributed by atoms with Crippen LogP contribution in [0, 0.1) is 5.82 Å². The van der Waals surface area contributed by atoms with Crippen molar-refractivity contribution < 1.29 is 23.9 Å². The van der Waals surface area contributed by atoms with Gasteiger partial charge in [-0.1, -0.05) is 12.1 Å². The zero-order valence-electron chi connectivity index (χ0n) is 19.8. The number of hydrogen-bond acceptors (Lipinski definition) is 5. The molecule has 11 heteroatoms. The summed E-state index contributed by atoms with van der Waals surface area (Å²) in [6, 6.07) is 12.1. The largest absolute Gasteiger partial charge is 0.483 e. The van der Waals surface area contributed by atoms with E-state index in [1.54, 1.807) is 30.3 Å². The van der Waals surface area contributed by atoms with Crippen LogP contribution in [0.5, 0.6) is 0 Å². The Morgan fingerprint density at radius 3 is 2.50 bits per heavy atom. The summed E-state index contributed by atoms with van der Waals surface area (Å²) in [4.78, 5) is 35.9. The number of nitrogens with one attached hydrogen (secondary N) is 4. The van der Waals surface area contributed by atoms with Crippen molar-refractivity contribution in [2.24, 2.45) is 0 Å². The third-order valence-corrected chi connectivity index (χ3v) is 6.84. The monoisotopic (exact) mass is 496 g/mol. The van der Waals surface area contributed by atoms with E-state index in [1.807, 2.05) is 0 Å². The Morgan fingerprint density at radius 2 is 1.83 bits per heavy atom. The smallest absolute Gasteiger partial charge is 0.319 e. The van der Waals surface area contributed by atoms with Crippen LogP contribution in [0.25, 0.3) is 10.9 Å². The maximum absolute atomic E-state index is 13.0. The van der Waals surface area contributed by atoms with Gasteiger partial charge in [-0.3, -0.25) is 14.7 Å². The normalized spacial score (nSPS) is 20.8. The van der Waals surface area contributed by atoms with Gasteiger partial charge in [0.1, 0.15) is 5.82 Å². The van der Waals surface area contributed by atoms with E-state index in [4.69, 9.17) is 9.90 Å². The topological polar surface area (TPSA) is 139 Å². The number of carboxylic acid groups (broad SMARTS) is 1. The van der Waals surface area contributed by atoms with E-state index >= 15 is 0 Å². The molecule has 2 bridgehead atoms. The van der Waals surface area contributed by atoms with Gasteiger partial charge in [-0.05, 0) is 68.6 Å². The number of fused-ring (bicyclic) bond motifs is 3. The molecule has 2 fully saturated rings. The summed E-state index contributed by atoms with van der Waals surface area (Å²) < 4.78 is 13.0. The molecule has 2 aliphatic heterocycles. The predicted octanol–water partition coefficient (Wildman–Crippen LogP) is 3.08. The van der Waals surface area contributed by atoms with Crippen LogP contribution in [-0.4, -0.2) is 63.8 Å². The third-order valence-electron chi connectivity index (χ3n) is 6.84. The van der Waals surface area contributed by atoms with Crippen LogP contribution in [0.1, 0.15) is 41.7 Å². The van der Waals surface area contributed by atoms with Crippen LogP contribution in [0.4, 0.5) is 14.9 Å². The quantitative estimate of drug-likeness (QED) is 0.344. The number of aromatic nitrogens is 2. The number of nitrogens with zero attached hydrogens (tertiary/aromatic N) is 2. The van der Waals surface area contributed by atoms with E-state index in [-0.39, 0.29) is 36.8 Å². The van der Waals surface area contributed by atoms with E-state index in [1.165, 1.54) is 25.0 Å². The Balaban J connectivity index is 0.000000967. The molecule has 5 rings (SSSR count). The lowest BCUT2D eigenvalue weighted by Gasteiger charge is -2.36. The van der Waals surface area contributed by atoms with Crippen molar-refractivity contribution in [1.29, 1.82) is 0 Å². The molecule has 1 aromatic heterocycles. The second-order valence-electron chi connectivity index (χ2n) is 9.06. The van der Waals surface area contributed by atoms with Gasteiger partial charge in [0.15, 0.2) is 5.69 Å². The number of aromatic amines is 1. The highest BCUT2D eigenvalue weighted by molar-refractivity contribution is 6.05. The number of carbonyl (C=O) groups is 3. The zero-order chi connectivity index (χ0) is 25.7. The standard InChI is InChI=1S/C24H27FN6O2.CH2O2/c1-31-18-7-8-19(31)11-17(10-18)27-23(32)22-20-9-6-16(12-21(20)29-30-22)28-24(33)26-13-14-2-4-15(25)5-3-14;2-1-3/h2-6,9,12,17-19H,7-8,10-11,13H2,1H3,(H,27,32)(H,29,30)(H2,26,28,33);1H,(H,2,3). The van der Waals surface area contributed by atoms with Gasteiger partial charge in [0, 0.05) is 35.7 Å². The number of urea groups is 1. The fourth-order valence-electron chi connectivity index (χ4n) is 5.01. The van der Waals surface area contributed by atoms with Gasteiger partial charge in [0.2, 0.25) is 0 Å². The summed E-state index contributed by atoms with van der Waals surface area (Å²) in [5, 5.41) is 23.4. The summed E-state index contributed by atoms with van der Waals surface area (Å²) in [6.45, 7) is 0.0292. The second kappa shape index (κ2) is 11.2. The molecule has 2 atom stereocenters. The van der Waals surface area contributed by atoms with Gasteiger partial charge in [-0.2, -0.15) is 5.10 Å². The number of amides is 3. The third kappa shape index (κ3) is 5.80. The summed E-state index contributed by atoms with van der Waals surface area (Å²) >= 11 is 0. The lowest BCUT2D eigenvalue weighted by Crippen LogP contribution is -2.48. The Bertz CT molecular complexity index is 1220. The fraction of sp³-hybridized carbons (Fsp3) is 0.360. The number of benzene rings is 2. The van der Waals surface area contributed by atoms with Gasteiger partial charge < -0.3 is 26.0 Å². The van der Waals surface area contributed by atoms with Crippen molar-refractivity contribution in [3.05, 3.63) is 59.5 Å². The lowest BCUT2D eigenvalue weighted by molar-refractivity contribution is -0.122. The first kappa shape index (κ1) is 25.1. The molecule has 0 aliphatic carbocycles. The molecule has 3 heterocycles. The fourth-order valence-corrected chi connectivity index (χ4v) is 5.01. The van der Waals surface area contributed by atoms with Crippen molar-refractivity contribution in [2.45, 2.75) is 50.4 Å². The molecule has 0 saturated carbocycles.